The molecule has 6 nitrogen and oxygen atoms in total. The molecule has 0 unspecified atom stereocenters. The van der Waals surface area contributed by atoms with Crippen LogP contribution in [-0.2, 0) is 16.0 Å². The third kappa shape index (κ3) is 5.14. The number of hydrogen-bond acceptors (Lipinski definition) is 4. The van der Waals surface area contributed by atoms with Crippen molar-refractivity contribution >= 4 is 50.7 Å². The molecule has 2 N–H and O–H groups in total. The van der Waals surface area contributed by atoms with Crippen LogP contribution in [0.4, 0.5) is 11.4 Å². The molecule has 0 fully saturated rings. The van der Waals surface area contributed by atoms with Crippen LogP contribution in [0.25, 0.3) is 0 Å². The Hall–Kier alpha value is -2.25. The summed E-state index contributed by atoms with van der Waals surface area (Å²) in [4.78, 5) is 23.9. The maximum absolute atomic E-state index is 12.5. The van der Waals surface area contributed by atoms with Gasteiger partial charge in [0.25, 0.3) is 0 Å². The molecule has 2 aromatic carbocycles. The summed E-state index contributed by atoms with van der Waals surface area (Å²) in [6.07, 6.45) is 0.873. The summed E-state index contributed by atoms with van der Waals surface area (Å²) in [5.74, 6) is 0.593. The number of hydrogen-bond donors (Lipinski definition) is 2. The molecule has 0 atom stereocenters. The van der Waals surface area contributed by atoms with Gasteiger partial charge in [0.15, 0.2) is 11.5 Å². The quantitative estimate of drug-likeness (QED) is 0.719. The monoisotopic (exact) mass is 452 g/mol. The van der Waals surface area contributed by atoms with Gasteiger partial charge in [0, 0.05) is 17.8 Å². The van der Waals surface area contributed by atoms with Crippen molar-refractivity contribution in [3.05, 3.63) is 45.4 Å². The summed E-state index contributed by atoms with van der Waals surface area (Å²) in [6.45, 7) is 2.49. The van der Waals surface area contributed by atoms with E-state index in [-0.39, 0.29) is 18.2 Å². The van der Waals surface area contributed by atoms with Crippen LogP contribution in [0.15, 0.2) is 34.8 Å². The maximum atomic E-state index is 12.5. The largest absolute Gasteiger partial charge is 0.489 e. The summed E-state index contributed by atoms with van der Waals surface area (Å²) in [5.41, 5.74) is 1.73. The first-order valence-corrected chi connectivity index (χ1v) is 9.54. The van der Waals surface area contributed by atoms with E-state index in [4.69, 9.17) is 21.1 Å². The van der Waals surface area contributed by atoms with E-state index in [2.05, 4.69) is 26.6 Å². The number of anilines is 2. The van der Waals surface area contributed by atoms with Gasteiger partial charge in [0.1, 0.15) is 0 Å². The number of carbonyl (C=O) groups excluding carboxylic acids is 2. The zero-order valence-corrected chi connectivity index (χ0v) is 16.9. The average Bonchev–Trinajstić information content (AvgIpc) is 2.82. The number of rotatable bonds is 4. The van der Waals surface area contributed by atoms with E-state index in [1.54, 1.807) is 30.3 Å². The van der Waals surface area contributed by atoms with E-state index in [9.17, 15) is 9.59 Å². The minimum absolute atomic E-state index is 0.0996. The Morgan fingerprint density at radius 1 is 1.11 bits per heavy atom. The average molecular weight is 454 g/mol. The lowest BCUT2D eigenvalue weighted by atomic mass is 10.1. The van der Waals surface area contributed by atoms with Crippen LogP contribution < -0.4 is 20.1 Å². The van der Waals surface area contributed by atoms with Gasteiger partial charge in [-0.3, -0.25) is 9.59 Å². The lowest BCUT2D eigenvalue weighted by Gasteiger charge is -2.14. The molecule has 0 aromatic heterocycles. The van der Waals surface area contributed by atoms with Gasteiger partial charge in [0.05, 0.1) is 36.0 Å². The minimum Gasteiger partial charge on any atom is -0.489 e. The Morgan fingerprint density at radius 2 is 1.89 bits per heavy atom. The zero-order chi connectivity index (χ0) is 19.4. The van der Waals surface area contributed by atoms with E-state index >= 15 is 0 Å². The second-order valence-electron chi connectivity index (χ2n) is 6.05. The highest BCUT2D eigenvalue weighted by Crippen LogP contribution is 2.38. The van der Waals surface area contributed by atoms with Crippen molar-refractivity contribution in [3.8, 4) is 11.5 Å². The smallest absolute Gasteiger partial charge is 0.228 e. The molecule has 8 heteroatoms. The number of carbonyl (C=O) groups is 2. The van der Waals surface area contributed by atoms with Crippen LogP contribution >= 0.6 is 27.5 Å². The first-order valence-electron chi connectivity index (χ1n) is 8.37. The molecule has 3 rings (SSSR count). The highest BCUT2D eigenvalue weighted by atomic mass is 79.9. The summed E-state index contributed by atoms with van der Waals surface area (Å²) >= 11 is 9.64. The number of fused-ring (bicyclic) bond motifs is 1. The molecule has 0 aliphatic carbocycles. The van der Waals surface area contributed by atoms with Gasteiger partial charge in [-0.15, -0.1) is 0 Å². The van der Waals surface area contributed by atoms with E-state index in [0.29, 0.717) is 46.7 Å². The van der Waals surface area contributed by atoms with Gasteiger partial charge in [0.2, 0.25) is 11.8 Å². The number of ether oxygens (including phenoxy) is 2. The van der Waals surface area contributed by atoms with Crippen molar-refractivity contribution in [2.45, 2.75) is 19.8 Å². The number of halogens is 2. The molecular weight excluding hydrogens is 436 g/mol. The third-order valence-electron chi connectivity index (χ3n) is 3.79. The van der Waals surface area contributed by atoms with Gasteiger partial charge >= 0.3 is 0 Å². The van der Waals surface area contributed by atoms with Crippen LogP contribution in [0.5, 0.6) is 11.5 Å². The van der Waals surface area contributed by atoms with Gasteiger partial charge in [-0.05, 0) is 35.9 Å². The number of nitrogens with one attached hydrogen (secondary N) is 2. The first-order chi connectivity index (χ1) is 12.9. The fraction of sp³-hybridized carbons (Fsp3) is 0.263. The fourth-order valence-corrected chi connectivity index (χ4v) is 3.33. The third-order valence-corrected chi connectivity index (χ3v) is 4.57. The maximum Gasteiger partial charge on any atom is 0.228 e. The molecule has 142 valence electrons. The Bertz CT molecular complexity index is 888. The lowest BCUT2D eigenvalue weighted by Crippen LogP contribution is -2.17. The second kappa shape index (κ2) is 8.63. The number of benzene rings is 2. The molecule has 0 bridgehead atoms. The molecule has 1 aliphatic rings. The van der Waals surface area contributed by atoms with Crippen LogP contribution in [0.2, 0.25) is 5.02 Å². The van der Waals surface area contributed by atoms with Crippen molar-refractivity contribution in [1.82, 2.24) is 0 Å². The summed E-state index contributed by atoms with van der Waals surface area (Å²) in [6, 6.07) is 8.69. The Kier molecular flexibility index (Phi) is 6.23. The SMILES string of the molecule is CC(=O)Nc1ccc(Br)cc1NC(=O)Cc1cc(Cl)c2c(c1)OCCCO2. The fourth-order valence-electron chi connectivity index (χ4n) is 2.68. The van der Waals surface area contributed by atoms with Gasteiger partial charge in [-0.1, -0.05) is 27.5 Å². The molecule has 27 heavy (non-hydrogen) atoms. The van der Waals surface area contributed by atoms with Crippen molar-refractivity contribution in [2.75, 3.05) is 23.8 Å². The molecule has 0 saturated heterocycles. The molecule has 1 heterocycles. The van der Waals surface area contributed by atoms with Crippen molar-refractivity contribution in [2.24, 2.45) is 0 Å². The normalized spacial score (nSPS) is 12.9. The first kappa shape index (κ1) is 19.5. The Balaban J connectivity index is 1.77. The van der Waals surface area contributed by atoms with Crippen LogP contribution in [-0.4, -0.2) is 25.0 Å². The molecule has 0 radical (unpaired) electrons. The molecule has 1 aliphatic heterocycles. The second-order valence-corrected chi connectivity index (χ2v) is 7.37. The molecule has 0 spiro atoms. The van der Waals surface area contributed by atoms with Crippen LogP contribution in [0, 0.1) is 0 Å². The summed E-state index contributed by atoms with van der Waals surface area (Å²) in [5, 5.41) is 5.93. The highest BCUT2D eigenvalue weighted by molar-refractivity contribution is 9.10. The number of amides is 2. The van der Waals surface area contributed by atoms with Gasteiger partial charge < -0.3 is 20.1 Å². The lowest BCUT2D eigenvalue weighted by molar-refractivity contribution is -0.116. The van der Waals surface area contributed by atoms with Crippen LogP contribution in [0.3, 0.4) is 0 Å². The van der Waals surface area contributed by atoms with Crippen molar-refractivity contribution in [1.29, 1.82) is 0 Å². The van der Waals surface area contributed by atoms with Gasteiger partial charge in [-0.25, -0.2) is 0 Å². The van der Waals surface area contributed by atoms with E-state index in [1.807, 2.05) is 0 Å². The summed E-state index contributed by atoms with van der Waals surface area (Å²) in [7, 11) is 0. The Morgan fingerprint density at radius 3 is 2.67 bits per heavy atom. The van der Waals surface area contributed by atoms with E-state index in [0.717, 1.165) is 10.9 Å². The van der Waals surface area contributed by atoms with Crippen LogP contribution in [0.1, 0.15) is 18.9 Å². The highest BCUT2D eigenvalue weighted by Gasteiger charge is 2.17. The molecular formula is C19H18BrClN2O4. The standard InChI is InChI=1S/C19H18BrClN2O4/c1-11(24)22-15-4-3-13(20)10-16(15)23-18(25)9-12-7-14(21)19-17(8-12)26-5-2-6-27-19/h3-4,7-8,10H,2,5-6,9H2,1H3,(H,22,24)(H,23,25). The predicted molar refractivity (Wildman–Crippen MR) is 108 cm³/mol. The molecule has 2 aromatic rings. The van der Waals surface area contributed by atoms with Crippen molar-refractivity contribution in [3.63, 3.8) is 0 Å². The predicted octanol–water partition coefficient (Wildman–Crippen LogP) is 4.40. The minimum atomic E-state index is -0.245. The zero-order valence-electron chi connectivity index (χ0n) is 14.6. The summed E-state index contributed by atoms with van der Waals surface area (Å²) < 4.78 is 12.0. The molecule has 2 amide bonds. The van der Waals surface area contributed by atoms with Gasteiger partial charge in [-0.2, -0.15) is 0 Å². The topological polar surface area (TPSA) is 76.7 Å². The van der Waals surface area contributed by atoms with E-state index in [1.165, 1.54) is 6.92 Å². The Labute approximate surface area is 170 Å². The molecule has 0 saturated carbocycles. The van der Waals surface area contributed by atoms with E-state index < -0.39 is 0 Å². The van der Waals surface area contributed by atoms with Crippen molar-refractivity contribution < 1.29 is 19.1 Å².